The molecular weight excluding hydrogens is 388 g/mol. The second kappa shape index (κ2) is 18.5. The summed E-state index contributed by atoms with van der Waals surface area (Å²) in [4.78, 5) is 0. The molecule has 0 aromatic heterocycles. The fourth-order valence-corrected chi connectivity index (χ4v) is 2.88. The second-order valence-corrected chi connectivity index (χ2v) is 8.64. The third kappa shape index (κ3) is 20.4. The van der Waals surface area contributed by atoms with Crippen molar-refractivity contribution in [2.75, 3.05) is 0 Å². The highest BCUT2D eigenvalue weighted by molar-refractivity contribution is 9.28. The van der Waals surface area contributed by atoms with Crippen LogP contribution in [-0.4, -0.2) is 0 Å². The van der Waals surface area contributed by atoms with Gasteiger partial charge in [0.15, 0.2) is 0 Å². The summed E-state index contributed by atoms with van der Waals surface area (Å²) in [6, 6.07) is 0. The molecule has 0 aromatic rings. The molecule has 0 aliphatic heterocycles. The lowest BCUT2D eigenvalue weighted by Gasteiger charge is -1.99. The number of halogens is 2. The smallest absolute Gasteiger partial charge is 0.0564 e. The van der Waals surface area contributed by atoms with Crippen LogP contribution in [0.1, 0.15) is 96.8 Å². The first kappa shape index (κ1) is 21.4. The van der Waals surface area contributed by atoms with E-state index in [1.807, 2.05) is 0 Å². The lowest BCUT2D eigenvalue weighted by atomic mass is 10.1. The summed E-state index contributed by atoms with van der Waals surface area (Å²) in [5, 5.41) is 0. The Morgan fingerprint density at radius 1 is 0.619 bits per heavy atom. The van der Waals surface area contributed by atoms with Crippen molar-refractivity contribution < 1.29 is 0 Å². The minimum absolute atomic E-state index is 1.09. The molecule has 2 heteroatoms. The quantitative estimate of drug-likeness (QED) is 0.183. The van der Waals surface area contributed by atoms with Crippen LogP contribution in [0.25, 0.3) is 0 Å². The van der Waals surface area contributed by atoms with Crippen molar-refractivity contribution >= 4 is 31.9 Å². The van der Waals surface area contributed by atoms with Gasteiger partial charge >= 0.3 is 0 Å². The lowest BCUT2D eigenvalue weighted by molar-refractivity contribution is 0.609. The van der Waals surface area contributed by atoms with Crippen molar-refractivity contribution in [1.29, 1.82) is 0 Å². The molecule has 0 nitrogen and oxygen atoms in total. The number of hydrogen-bond acceptors (Lipinski definition) is 0. The molecule has 0 unspecified atom stereocenters. The van der Waals surface area contributed by atoms with Gasteiger partial charge in [-0.25, -0.2) is 0 Å². The van der Waals surface area contributed by atoms with Crippen LogP contribution in [0, 0.1) is 0 Å². The lowest BCUT2D eigenvalue weighted by Crippen LogP contribution is -1.79. The third-order valence-corrected chi connectivity index (χ3v) is 4.41. The molecule has 0 rings (SSSR count). The van der Waals surface area contributed by atoms with Crippen LogP contribution < -0.4 is 0 Å². The van der Waals surface area contributed by atoms with Gasteiger partial charge in [-0.15, -0.1) is 0 Å². The monoisotopic (exact) mass is 420 g/mol. The van der Waals surface area contributed by atoms with E-state index >= 15 is 0 Å². The van der Waals surface area contributed by atoms with Gasteiger partial charge in [-0.05, 0) is 70.4 Å². The first-order valence-corrected chi connectivity index (χ1v) is 10.5. The summed E-state index contributed by atoms with van der Waals surface area (Å²) in [5.74, 6) is 0. The molecule has 124 valence electrons. The minimum Gasteiger partial charge on any atom is -0.0885 e. The molecule has 0 bridgehead atoms. The Bertz CT molecular complexity index is 252. The fraction of sp³-hybridized carbons (Fsp3) is 0.789. The summed E-state index contributed by atoms with van der Waals surface area (Å²) >= 11 is 6.78. The van der Waals surface area contributed by atoms with Gasteiger partial charge in [-0.2, -0.15) is 0 Å². The van der Waals surface area contributed by atoms with Crippen molar-refractivity contribution in [3.05, 3.63) is 21.6 Å². The van der Waals surface area contributed by atoms with Gasteiger partial charge in [-0.3, -0.25) is 0 Å². The number of rotatable bonds is 15. The molecule has 0 fully saturated rings. The van der Waals surface area contributed by atoms with E-state index in [0.29, 0.717) is 0 Å². The SMILES string of the molecule is CCCCCCCC/C=C/CCCCCCCC=C(Br)Br. The third-order valence-electron chi connectivity index (χ3n) is 3.76. The molecule has 21 heavy (non-hydrogen) atoms. The van der Waals surface area contributed by atoms with Crippen LogP contribution in [0.5, 0.6) is 0 Å². The Hall–Kier alpha value is 0.440. The number of allylic oxidation sites excluding steroid dienone is 3. The molecule has 0 saturated carbocycles. The summed E-state index contributed by atoms with van der Waals surface area (Å²) in [5.41, 5.74) is 0. The van der Waals surface area contributed by atoms with Crippen LogP contribution in [0.4, 0.5) is 0 Å². The van der Waals surface area contributed by atoms with E-state index in [1.54, 1.807) is 0 Å². The Labute approximate surface area is 150 Å². The van der Waals surface area contributed by atoms with Gasteiger partial charge in [0.2, 0.25) is 0 Å². The summed E-state index contributed by atoms with van der Waals surface area (Å²) in [6.45, 7) is 2.28. The zero-order chi connectivity index (χ0) is 15.6. The van der Waals surface area contributed by atoms with Crippen molar-refractivity contribution in [3.8, 4) is 0 Å². The molecule has 0 heterocycles. The van der Waals surface area contributed by atoms with Crippen LogP contribution in [0.2, 0.25) is 0 Å². The summed E-state index contributed by atoms with van der Waals surface area (Å²) in [7, 11) is 0. The fourth-order valence-electron chi connectivity index (χ4n) is 2.43. The van der Waals surface area contributed by atoms with Gasteiger partial charge < -0.3 is 0 Å². The second-order valence-electron chi connectivity index (χ2n) is 5.87. The van der Waals surface area contributed by atoms with Gasteiger partial charge in [0, 0.05) is 0 Å². The van der Waals surface area contributed by atoms with Crippen LogP contribution in [0.3, 0.4) is 0 Å². The molecule has 0 N–H and O–H groups in total. The normalized spacial score (nSPS) is 11.2. The van der Waals surface area contributed by atoms with Gasteiger partial charge in [0.05, 0.1) is 3.39 Å². The van der Waals surface area contributed by atoms with Crippen LogP contribution in [-0.2, 0) is 0 Å². The van der Waals surface area contributed by atoms with Crippen LogP contribution >= 0.6 is 31.9 Å². The van der Waals surface area contributed by atoms with E-state index in [4.69, 9.17) is 0 Å². The first-order chi connectivity index (χ1) is 10.3. The Kier molecular flexibility index (Phi) is 18.9. The molecule has 0 aliphatic carbocycles. The predicted octanol–water partition coefficient (Wildman–Crippen LogP) is 8.66. The largest absolute Gasteiger partial charge is 0.0885 e. The van der Waals surface area contributed by atoms with Crippen molar-refractivity contribution in [1.82, 2.24) is 0 Å². The maximum Gasteiger partial charge on any atom is 0.0564 e. The first-order valence-electron chi connectivity index (χ1n) is 8.93. The van der Waals surface area contributed by atoms with Gasteiger partial charge in [0.1, 0.15) is 0 Å². The molecule has 0 saturated heterocycles. The average Bonchev–Trinajstić information content (AvgIpc) is 2.46. The zero-order valence-corrected chi connectivity index (χ0v) is 17.1. The van der Waals surface area contributed by atoms with Gasteiger partial charge in [-0.1, -0.05) is 76.5 Å². The summed E-state index contributed by atoms with van der Waals surface area (Å²) < 4.78 is 1.09. The van der Waals surface area contributed by atoms with E-state index in [2.05, 4.69) is 57.0 Å². The van der Waals surface area contributed by atoms with E-state index in [9.17, 15) is 0 Å². The predicted molar refractivity (Wildman–Crippen MR) is 105 cm³/mol. The Morgan fingerprint density at radius 2 is 1.05 bits per heavy atom. The Morgan fingerprint density at radius 3 is 1.52 bits per heavy atom. The van der Waals surface area contributed by atoms with Crippen molar-refractivity contribution in [2.24, 2.45) is 0 Å². The maximum atomic E-state index is 3.39. The molecule has 0 radical (unpaired) electrons. The van der Waals surface area contributed by atoms with E-state index in [0.717, 1.165) is 3.39 Å². The van der Waals surface area contributed by atoms with Gasteiger partial charge in [0.25, 0.3) is 0 Å². The molecule has 0 spiro atoms. The molecule has 0 amide bonds. The van der Waals surface area contributed by atoms with Crippen LogP contribution in [0.15, 0.2) is 21.6 Å². The molecule has 0 atom stereocenters. The Balaban J connectivity index is 3.10. The van der Waals surface area contributed by atoms with E-state index in [-0.39, 0.29) is 0 Å². The molecule has 0 aromatic carbocycles. The van der Waals surface area contributed by atoms with E-state index < -0.39 is 0 Å². The summed E-state index contributed by atoms with van der Waals surface area (Å²) in [6.07, 6.45) is 26.0. The highest BCUT2D eigenvalue weighted by atomic mass is 79.9. The average molecular weight is 422 g/mol. The maximum absolute atomic E-state index is 3.39. The van der Waals surface area contributed by atoms with Crippen molar-refractivity contribution in [3.63, 3.8) is 0 Å². The standard InChI is InChI=1S/C19H34Br2/c1-2-3-4-5-6-7-8-9-10-11-12-13-14-15-16-17-18-19(20)21/h9-10,18H,2-8,11-17H2,1H3/b10-9+. The topological polar surface area (TPSA) is 0 Å². The zero-order valence-electron chi connectivity index (χ0n) is 13.9. The number of hydrogen-bond donors (Lipinski definition) is 0. The van der Waals surface area contributed by atoms with E-state index in [1.165, 1.54) is 89.9 Å². The minimum atomic E-state index is 1.09. The highest BCUT2D eigenvalue weighted by Gasteiger charge is 1.91. The highest BCUT2D eigenvalue weighted by Crippen LogP contribution is 2.16. The van der Waals surface area contributed by atoms with Crippen molar-refractivity contribution in [2.45, 2.75) is 96.8 Å². The molecule has 0 aliphatic rings. The number of unbranched alkanes of at least 4 members (excludes halogenated alkanes) is 12. The molecular formula is C19H34Br2.